The molecule has 1 atom stereocenters. The van der Waals surface area contributed by atoms with Crippen LogP contribution in [0.3, 0.4) is 0 Å². The molecule has 2 heterocycles. The molecule has 1 aliphatic heterocycles. The molecule has 0 aliphatic carbocycles. The van der Waals surface area contributed by atoms with E-state index >= 15 is 0 Å². The second kappa shape index (κ2) is 6.10. The van der Waals surface area contributed by atoms with Gasteiger partial charge in [-0.05, 0) is 43.5 Å². The Morgan fingerprint density at radius 1 is 1.43 bits per heavy atom. The Bertz CT molecular complexity index is 616. The number of carbonyl (C=O) groups excluding carboxylic acids is 1. The molecule has 1 aromatic heterocycles. The molecule has 1 aliphatic rings. The van der Waals surface area contributed by atoms with Crippen molar-refractivity contribution >= 4 is 11.6 Å². The van der Waals surface area contributed by atoms with Crippen molar-refractivity contribution in [2.24, 2.45) is 5.92 Å². The second-order valence-electron chi connectivity index (χ2n) is 5.27. The lowest BCUT2D eigenvalue weighted by Crippen LogP contribution is -2.30. The molecule has 3 rings (SSSR count). The van der Waals surface area contributed by atoms with Gasteiger partial charge in [-0.25, -0.2) is 4.98 Å². The Morgan fingerprint density at radius 2 is 2.33 bits per heavy atom. The molecule has 0 spiro atoms. The van der Waals surface area contributed by atoms with Crippen molar-refractivity contribution in [3.05, 3.63) is 36.2 Å². The van der Waals surface area contributed by atoms with Crippen LogP contribution in [0.5, 0.6) is 0 Å². The number of nitrogens with zero attached hydrogens (tertiary/aromatic N) is 1. The Balaban J connectivity index is 1.72. The van der Waals surface area contributed by atoms with Gasteiger partial charge in [-0.3, -0.25) is 4.79 Å². The second-order valence-corrected chi connectivity index (χ2v) is 5.27. The topological polar surface area (TPSA) is 64.4 Å². The van der Waals surface area contributed by atoms with E-state index in [1.807, 2.05) is 25.1 Å². The van der Waals surface area contributed by atoms with E-state index in [4.69, 9.17) is 9.15 Å². The average Bonchev–Trinajstić information content (AvgIpc) is 3.04. The maximum atomic E-state index is 12.2. The highest BCUT2D eigenvalue weighted by Crippen LogP contribution is 2.24. The number of ether oxygens (including phenoxy) is 1. The summed E-state index contributed by atoms with van der Waals surface area (Å²) in [5.41, 5.74) is 2.70. The summed E-state index contributed by atoms with van der Waals surface area (Å²) in [6.07, 6.45) is 4.99. The predicted molar refractivity (Wildman–Crippen MR) is 78.8 cm³/mol. The lowest BCUT2D eigenvalue weighted by atomic mass is 10.0. The lowest BCUT2D eigenvalue weighted by molar-refractivity contribution is -0.123. The van der Waals surface area contributed by atoms with Gasteiger partial charge in [0.25, 0.3) is 0 Å². The van der Waals surface area contributed by atoms with Crippen LogP contribution in [0.15, 0.2) is 35.1 Å². The van der Waals surface area contributed by atoms with Crippen LogP contribution >= 0.6 is 0 Å². The van der Waals surface area contributed by atoms with Crippen LogP contribution in [0.2, 0.25) is 0 Å². The fraction of sp³-hybridized carbons (Fsp3) is 0.375. The van der Waals surface area contributed by atoms with Crippen molar-refractivity contribution in [1.29, 1.82) is 0 Å². The predicted octanol–water partition coefficient (Wildman–Crippen LogP) is 3.02. The number of amides is 1. The molecule has 2 aromatic rings. The Kier molecular flexibility index (Phi) is 4.01. The zero-order valence-electron chi connectivity index (χ0n) is 12.0. The van der Waals surface area contributed by atoms with Crippen LogP contribution in [0, 0.1) is 12.8 Å². The number of oxazole rings is 1. The van der Waals surface area contributed by atoms with Crippen LogP contribution in [0.25, 0.3) is 11.5 Å². The fourth-order valence-corrected chi connectivity index (χ4v) is 2.49. The molecular weight excluding hydrogens is 268 g/mol. The monoisotopic (exact) mass is 286 g/mol. The van der Waals surface area contributed by atoms with Crippen LogP contribution in [-0.2, 0) is 9.53 Å². The molecule has 1 fully saturated rings. The van der Waals surface area contributed by atoms with E-state index < -0.39 is 0 Å². The summed E-state index contributed by atoms with van der Waals surface area (Å²) in [6.45, 7) is 3.23. The summed E-state index contributed by atoms with van der Waals surface area (Å²) in [6, 6.07) is 5.74. The molecule has 0 bridgehead atoms. The highest BCUT2D eigenvalue weighted by molar-refractivity contribution is 5.93. The van der Waals surface area contributed by atoms with Crippen molar-refractivity contribution in [1.82, 2.24) is 4.98 Å². The Morgan fingerprint density at radius 3 is 3.00 bits per heavy atom. The zero-order valence-corrected chi connectivity index (χ0v) is 12.0. The van der Waals surface area contributed by atoms with E-state index in [1.54, 1.807) is 12.5 Å². The standard InChI is InChI=1S/C16H18N2O3/c1-11-9-12(16-17-6-8-21-16)4-5-14(11)18-15(19)13-3-2-7-20-10-13/h4-6,8-9,13H,2-3,7,10H2,1H3,(H,18,19). The van der Waals surface area contributed by atoms with Gasteiger partial charge in [-0.15, -0.1) is 0 Å². The molecular formula is C16H18N2O3. The zero-order chi connectivity index (χ0) is 14.7. The summed E-state index contributed by atoms with van der Waals surface area (Å²) in [4.78, 5) is 16.3. The van der Waals surface area contributed by atoms with Gasteiger partial charge < -0.3 is 14.5 Å². The first-order chi connectivity index (χ1) is 10.2. The lowest BCUT2D eigenvalue weighted by Gasteiger charge is -2.21. The number of carbonyl (C=O) groups is 1. The molecule has 5 heteroatoms. The number of hydrogen-bond donors (Lipinski definition) is 1. The molecule has 110 valence electrons. The van der Waals surface area contributed by atoms with Gasteiger partial charge in [0.15, 0.2) is 0 Å². The van der Waals surface area contributed by atoms with Gasteiger partial charge >= 0.3 is 0 Å². The van der Waals surface area contributed by atoms with E-state index in [0.29, 0.717) is 12.5 Å². The van der Waals surface area contributed by atoms with Crippen molar-refractivity contribution in [2.75, 3.05) is 18.5 Å². The first-order valence-electron chi connectivity index (χ1n) is 7.13. The number of rotatable bonds is 3. The third-order valence-electron chi connectivity index (χ3n) is 3.69. The summed E-state index contributed by atoms with van der Waals surface area (Å²) < 4.78 is 10.6. The quantitative estimate of drug-likeness (QED) is 0.942. The van der Waals surface area contributed by atoms with E-state index in [2.05, 4.69) is 10.3 Å². The summed E-state index contributed by atoms with van der Waals surface area (Å²) in [7, 11) is 0. The maximum Gasteiger partial charge on any atom is 0.229 e. The van der Waals surface area contributed by atoms with Crippen LogP contribution < -0.4 is 5.32 Å². The molecule has 1 aromatic carbocycles. The largest absolute Gasteiger partial charge is 0.445 e. The fourth-order valence-electron chi connectivity index (χ4n) is 2.49. The Labute approximate surface area is 123 Å². The van der Waals surface area contributed by atoms with Gasteiger partial charge in [0.2, 0.25) is 11.8 Å². The van der Waals surface area contributed by atoms with E-state index in [1.165, 1.54) is 0 Å². The van der Waals surface area contributed by atoms with Crippen molar-refractivity contribution in [3.8, 4) is 11.5 Å². The minimum absolute atomic E-state index is 0.0293. The number of aromatic nitrogens is 1. The number of benzene rings is 1. The van der Waals surface area contributed by atoms with Gasteiger partial charge in [0.1, 0.15) is 6.26 Å². The van der Waals surface area contributed by atoms with Crippen LogP contribution in [-0.4, -0.2) is 24.1 Å². The highest BCUT2D eigenvalue weighted by atomic mass is 16.5. The van der Waals surface area contributed by atoms with Gasteiger partial charge in [-0.2, -0.15) is 0 Å². The van der Waals surface area contributed by atoms with Crippen molar-refractivity contribution in [2.45, 2.75) is 19.8 Å². The van der Waals surface area contributed by atoms with Gasteiger partial charge in [0, 0.05) is 17.9 Å². The number of hydrogen-bond acceptors (Lipinski definition) is 4. The molecule has 1 amide bonds. The third-order valence-corrected chi connectivity index (χ3v) is 3.69. The number of aryl methyl sites for hydroxylation is 1. The maximum absolute atomic E-state index is 12.2. The molecule has 0 radical (unpaired) electrons. The highest BCUT2D eigenvalue weighted by Gasteiger charge is 2.22. The number of anilines is 1. The van der Waals surface area contributed by atoms with Crippen LogP contribution in [0.4, 0.5) is 5.69 Å². The molecule has 21 heavy (non-hydrogen) atoms. The minimum atomic E-state index is -0.0513. The van der Waals surface area contributed by atoms with Crippen molar-refractivity contribution in [3.63, 3.8) is 0 Å². The molecule has 1 N–H and O–H groups in total. The van der Waals surface area contributed by atoms with Gasteiger partial charge in [0.05, 0.1) is 18.7 Å². The smallest absolute Gasteiger partial charge is 0.229 e. The molecule has 0 saturated carbocycles. The molecule has 1 unspecified atom stereocenters. The van der Waals surface area contributed by atoms with Crippen LogP contribution in [0.1, 0.15) is 18.4 Å². The minimum Gasteiger partial charge on any atom is -0.445 e. The SMILES string of the molecule is Cc1cc(-c2ncco2)ccc1NC(=O)C1CCCOC1. The Hall–Kier alpha value is -2.14. The number of nitrogens with one attached hydrogen (secondary N) is 1. The summed E-state index contributed by atoms with van der Waals surface area (Å²) >= 11 is 0. The molecule has 5 nitrogen and oxygen atoms in total. The van der Waals surface area contributed by atoms with Crippen molar-refractivity contribution < 1.29 is 13.9 Å². The summed E-state index contributed by atoms with van der Waals surface area (Å²) in [5, 5.41) is 2.98. The first-order valence-corrected chi connectivity index (χ1v) is 7.13. The van der Waals surface area contributed by atoms with E-state index in [0.717, 1.165) is 36.3 Å². The molecule has 1 saturated heterocycles. The third kappa shape index (κ3) is 3.13. The summed E-state index contributed by atoms with van der Waals surface area (Å²) in [5.74, 6) is 0.558. The van der Waals surface area contributed by atoms with E-state index in [9.17, 15) is 4.79 Å². The first kappa shape index (κ1) is 13.8. The normalized spacial score (nSPS) is 18.4. The average molecular weight is 286 g/mol. The van der Waals surface area contributed by atoms with E-state index in [-0.39, 0.29) is 11.8 Å². The van der Waals surface area contributed by atoms with Gasteiger partial charge in [-0.1, -0.05) is 0 Å².